The molecular formula is C24H30N2O3. The highest BCUT2D eigenvalue weighted by molar-refractivity contribution is 5.99. The van der Waals surface area contributed by atoms with Crippen LogP contribution >= 0.6 is 0 Å². The van der Waals surface area contributed by atoms with E-state index in [2.05, 4.69) is 31.4 Å². The van der Waals surface area contributed by atoms with Crippen LogP contribution in [0.4, 0.5) is 5.69 Å². The van der Waals surface area contributed by atoms with Crippen molar-refractivity contribution in [3.63, 3.8) is 0 Å². The van der Waals surface area contributed by atoms with Crippen molar-refractivity contribution in [1.82, 2.24) is 5.32 Å². The van der Waals surface area contributed by atoms with Gasteiger partial charge in [-0.25, -0.2) is 0 Å². The highest BCUT2D eigenvalue weighted by atomic mass is 16.5. The molecule has 0 aliphatic heterocycles. The van der Waals surface area contributed by atoms with Crippen molar-refractivity contribution in [2.24, 2.45) is 11.8 Å². The maximum Gasteiger partial charge on any atom is 0.228 e. The highest BCUT2D eigenvalue weighted by Crippen LogP contribution is 2.39. The van der Waals surface area contributed by atoms with Crippen LogP contribution in [0.1, 0.15) is 38.3 Å². The lowest BCUT2D eigenvalue weighted by molar-refractivity contribution is -0.125. The number of hydrogen-bond acceptors (Lipinski definition) is 3. The first-order chi connectivity index (χ1) is 13.8. The van der Waals surface area contributed by atoms with Crippen LogP contribution in [0.2, 0.25) is 0 Å². The zero-order valence-electron chi connectivity index (χ0n) is 17.6. The summed E-state index contributed by atoms with van der Waals surface area (Å²) in [5, 5.41) is 5.87. The maximum absolute atomic E-state index is 12.4. The van der Waals surface area contributed by atoms with E-state index in [0.717, 1.165) is 23.4 Å². The van der Waals surface area contributed by atoms with Crippen molar-refractivity contribution in [3.05, 3.63) is 59.7 Å². The van der Waals surface area contributed by atoms with Crippen molar-refractivity contribution in [2.75, 3.05) is 19.0 Å². The molecule has 1 saturated carbocycles. The van der Waals surface area contributed by atoms with Crippen LogP contribution in [0.3, 0.4) is 0 Å². The SMILES string of the molecule is COc1cccc(CCNC(=O)C2CC2C(=O)Nc2ccc(C(C)(C)C)cc2)c1. The lowest BCUT2D eigenvalue weighted by atomic mass is 9.87. The van der Waals surface area contributed by atoms with E-state index in [4.69, 9.17) is 4.74 Å². The van der Waals surface area contributed by atoms with Gasteiger partial charge < -0.3 is 15.4 Å². The first kappa shape index (κ1) is 20.9. The van der Waals surface area contributed by atoms with E-state index < -0.39 is 0 Å². The average Bonchev–Trinajstić information content (AvgIpc) is 3.49. The summed E-state index contributed by atoms with van der Waals surface area (Å²) in [4.78, 5) is 24.8. The number of ether oxygens (including phenoxy) is 1. The van der Waals surface area contributed by atoms with Crippen LogP contribution < -0.4 is 15.4 Å². The van der Waals surface area contributed by atoms with E-state index in [1.54, 1.807) is 7.11 Å². The van der Waals surface area contributed by atoms with Gasteiger partial charge in [0.25, 0.3) is 0 Å². The zero-order valence-corrected chi connectivity index (χ0v) is 17.6. The standard InChI is InChI=1S/C24H30N2O3/c1-24(2,3)17-8-10-18(11-9-17)26-23(28)21-15-20(21)22(27)25-13-12-16-6-5-7-19(14-16)29-4/h5-11,14,20-21H,12-13,15H2,1-4H3,(H,25,27)(H,26,28). The molecule has 0 heterocycles. The second-order valence-electron chi connectivity index (χ2n) is 8.66. The second-order valence-corrected chi connectivity index (χ2v) is 8.66. The molecule has 1 fully saturated rings. The molecule has 2 atom stereocenters. The minimum Gasteiger partial charge on any atom is -0.497 e. The molecule has 0 bridgehead atoms. The fourth-order valence-corrected chi connectivity index (χ4v) is 3.35. The van der Waals surface area contributed by atoms with Gasteiger partial charge in [-0.2, -0.15) is 0 Å². The number of amides is 2. The molecule has 5 heteroatoms. The molecule has 29 heavy (non-hydrogen) atoms. The van der Waals surface area contributed by atoms with Gasteiger partial charge in [-0.3, -0.25) is 9.59 Å². The maximum atomic E-state index is 12.4. The van der Waals surface area contributed by atoms with E-state index in [1.807, 2.05) is 48.5 Å². The summed E-state index contributed by atoms with van der Waals surface area (Å²) < 4.78 is 5.21. The van der Waals surface area contributed by atoms with E-state index in [0.29, 0.717) is 13.0 Å². The molecule has 0 saturated heterocycles. The largest absolute Gasteiger partial charge is 0.497 e. The van der Waals surface area contributed by atoms with Gasteiger partial charge in [0.2, 0.25) is 11.8 Å². The fourth-order valence-electron chi connectivity index (χ4n) is 3.35. The summed E-state index contributed by atoms with van der Waals surface area (Å²) in [5.74, 6) is 0.212. The van der Waals surface area contributed by atoms with E-state index in [1.165, 1.54) is 5.56 Å². The van der Waals surface area contributed by atoms with Crippen molar-refractivity contribution >= 4 is 17.5 Å². The molecule has 2 aromatic rings. The van der Waals surface area contributed by atoms with Gasteiger partial charge in [0.1, 0.15) is 5.75 Å². The van der Waals surface area contributed by atoms with Crippen molar-refractivity contribution in [3.8, 4) is 5.75 Å². The summed E-state index contributed by atoms with van der Waals surface area (Å²) in [5.41, 5.74) is 3.17. The molecular weight excluding hydrogens is 364 g/mol. The quantitative estimate of drug-likeness (QED) is 0.748. The summed E-state index contributed by atoms with van der Waals surface area (Å²) in [7, 11) is 1.64. The number of methoxy groups -OCH3 is 1. The lowest BCUT2D eigenvalue weighted by Crippen LogP contribution is -2.29. The Morgan fingerprint density at radius 2 is 1.72 bits per heavy atom. The third-order valence-electron chi connectivity index (χ3n) is 5.33. The molecule has 1 aliphatic rings. The summed E-state index contributed by atoms with van der Waals surface area (Å²) in [6, 6.07) is 15.7. The molecule has 154 valence electrons. The molecule has 0 aromatic heterocycles. The second kappa shape index (κ2) is 8.68. The molecule has 2 amide bonds. The van der Waals surface area contributed by atoms with Gasteiger partial charge in [0, 0.05) is 12.2 Å². The minimum absolute atomic E-state index is 0.0453. The monoisotopic (exact) mass is 394 g/mol. The van der Waals surface area contributed by atoms with Crippen LogP contribution in [-0.2, 0) is 21.4 Å². The summed E-state index contributed by atoms with van der Waals surface area (Å²) in [6.45, 7) is 7.01. The Balaban J connectivity index is 1.43. The number of anilines is 1. The van der Waals surface area contributed by atoms with E-state index in [9.17, 15) is 9.59 Å². The molecule has 5 nitrogen and oxygen atoms in total. The number of carbonyl (C=O) groups is 2. The average molecular weight is 395 g/mol. The van der Waals surface area contributed by atoms with Crippen molar-refractivity contribution in [1.29, 1.82) is 0 Å². The Morgan fingerprint density at radius 1 is 1.03 bits per heavy atom. The fraction of sp³-hybridized carbons (Fsp3) is 0.417. The zero-order chi connectivity index (χ0) is 21.0. The first-order valence-electron chi connectivity index (χ1n) is 10.1. The van der Waals surface area contributed by atoms with Gasteiger partial charge in [-0.1, -0.05) is 45.0 Å². The van der Waals surface area contributed by atoms with Gasteiger partial charge >= 0.3 is 0 Å². The Bertz CT molecular complexity index is 868. The third-order valence-corrected chi connectivity index (χ3v) is 5.33. The van der Waals surface area contributed by atoms with Crippen molar-refractivity contribution < 1.29 is 14.3 Å². The molecule has 0 radical (unpaired) electrons. The lowest BCUT2D eigenvalue weighted by Gasteiger charge is -2.19. The van der Waals surface area contributed by atoms with Crippen LogP contribution in [0, 0.1) is 11.8 Å². The Hall–Kier alpha value is -2.82. The number of hydrogen-bond donors (Lipinski definition) is 2. The van der Waals surface area contributed by atoms with Gasteiger partial charge in [0.05, 0.1) is 18.9 Å². The van der Waals surface area contributed by atoms with Crippen molar-refractivity contribution in [2.45, 2.75) is 39.0 Å². The molecule has 2 unspecified atom stereocenters. The third kappa shape index (κ3) is 5.59. The number of carbonyl (C=O) groups excluding carboxylic acids is 2. The van der Waals surface area contributed by atoms with Crippen LogP contribution in [0.25, 0.3) is 0 Å². The Kier molecular flexibility index (Phi) is 6.26. The van der Waals surface area contributed by atoms with E-state index >= 15 is 0 Å². The highest BCUT2D eigenvalue weighted by Gasteiger charge is 2.47. The predicted molar refractivity (Wildman–Crippen MR) is 115 cm³/mol. The minimum atomic E-state index is -0.242. The Labute approximate surface area is 172 Å². The topological polar surface area (TPSA) is 67.4 Å². The number of benzene rings is 2. The molecule has 2 N–H and O–H groups in total. The van der Waals surface area contributed by atoms with Crippen LogP contribution in [0.5, 0.6) is 5.75 Å². The molecule has 2 aromatic carbocycles. The van der Waals surface area contributed by atoms with E-state index in [-0.39, 0.29) is 29.1 Å². The smallest absolute Gasteiger partial charge is 0.228 e. The van der Waals surface area contributed by atoms with Gasteiger partial charge in [0.15, 0.2) is 0 Å². The molecule has 1 aliphatic carbocycles. The summed E-state index contributed by atoms with van der Waals surface area (Å²) in [6.07, 6.45) is 1.34. The first-order valence-corrected chi connectivity index (χ1v) is 10.1. The molecule has 0 spiro atoms. The van der Waals surface area contributed by atoms with Crippen LogP contribution in [-0.4, -0.2) is 25.5 Å². The van der Waals surface area contributed by atoms with Gasteiger partial charge in [-0.05, 0) is 53.6 Å². The predicted octanol–water partition coefficient (Wildman–Crippen LogP) is 3.93. The van der Waals surface area contributed by atoms with Crippen LogP contribution in [0.15, 0.2) is 48.5 Å². The number of rotatable bonds is 7. The number of nitrogens with one attached hydrogen (secondary N) is 2. The van der Waals surface area contributed by atoms with Gasteiger partial charge in [-0.15, -0.1) is 0 Å². The Morgan fingerprint density at radius 3 is 2.38 bits per heavy atom. The normalized spacial score (nSPS) is 18.1. The summed E-state index contributed by atoms with van der Waals surface area (Å²) >= 11 is 0. The molecule has 3 rings (SSSR count).